The molecule has 19 heavy (non-hydrogen) atoms. The van der Waals surface area contributed by atoms with Gasteiger partial charge in [0.15, 0.2) is 0 Å². The molecule has 1 heterocycles. The summed E-state index contributed by atoms with van der Waals surface area (Å²) in [4.78, 5) is 2.42. The monoisotopic (exact) mass is 280 g/mol. The van der Waals surface area contributed by atoms with E-state index in [1.165, 1.54) is 31.5 Å². The lowest BCUT2D eigenvalue weighted by Gasteiger charge is -2.30. The highest BCUT2D eigenvalue weighted by Gasteiger charge is 2.18. The molecule has 1 aromatic carbocycles. The Hall–Kier alpha value is -0.570. The number of nitrogens with one attached hydrogen (secondary N) is 1. The van der Waals surface area contributed by atoms with Gasteiger partial charge in [-0.05, 0) is 69.6 Å². The minimum Gasteiger partial charge on any atom is -0.310 e. The van der Waals surface area contributed by atoms with Crippen LogP contribution in [-0.2, 0) is 0 Å². The third-order valence-corrected chi connectivity index (χ3v) is 4.39. The van der Waals surface area contributed by atoms with Gasteiger partial charge in [-0.2, -0.15) is 0 Å². The Morgan fingerprint density at radius 1 is 1.37 bits per heavy atom. The maximum absolute atomic E-state index is 6.08. The fraction of sp³-hybridized carbons (Fsp3) is 0.625. The predicted octanol–water partition coefficient (Wildman–Crippen LogP) is 3.72. The van der Waals surface area contributed by atoms with E-state index in [-0.39, 0.29) is 0 Å². The van der Waals surface area contributed by atoms with Gasteiger partial charge in [0.25, 0.3) is 0 Å². The molecule has 0 aromatic heterocycles. The first-order chi connectivity index (χ1) is 9.19. The van der Waals surface area contributed by atoms with Crippen LogP contribution in [-0.4, -0.2) is 31.6 Å². The Balaban J connectivity index is 1.86. The van der Waals surface area contributed by atoms with E-state index in [4.69, 9.17) is 11.6 Å². The zero-order chi connectivity index (χ0) is 13.7. The van der Waals surface area contributed by atoms with Crippen LogP contribution < -0.4 is 5.32 Å². The van der Waals surface area contributed by atoms with Crippen LogP contribution in [0.25, 0.3) is 0 Å². The maximum atomic E-state index is 6.08. The first kappa shape index (κ1) is 14.8. The predicted molar refractivity (Wildman–Crippen MR) is 82.7 cm³/mol. The lowest BCUT2D eigenvalue weighted by molar-refractivity contribution is 0.212. The van der Waals surface area contributed by atoms with Gasteiger partial charge in [-0.1, -0.05) is 30.7 Å². The second-order valence-corrected chi connectivity index (χ2v) is 6.11. The minimum atomic E-state index is 0.429. The normalized spacial score (nSPS) is 19.5. The van der Waals surface area contributed by atoms with Crippen molar-refractivity contribution in [3.63, 3.8) is 0 Å². The molecule has 1 aromatic rings. The van der Waals surface area contributed by atoms with Crippen molar-refractivity contribution >= 4 is 11.6 Å². The highest BCUT2D eigenvalue weighted by molar-refractivity contribution is 6.30. The summed E-state index contributed by atoms with van der Waals surface area (Å²) in [5.74, 6) is 0.824. The summed E-state index contributed by atoms with van der Waals surface area (Å²) in [6, 6.07) is 8.66. The Bertz CT molecular complexity index is 386. The second kappa shape index (κ2) is 7.28. The van der Waals surface area contributed by atoms with E-state index in [0.29, 0.717) is 6.04 Å². The minimum absolute atomic E-state index is 0.429. The lowest BCUT2D eigenvalue weighted by Crippen LogP contribution is -2.36. The van der Waals surface area contributed by atoms with Crippen molar-refractivity contribution in [3.8, 4) is 0 Å². The zero-order valence-corrected chi connectivity index (χ0v) is 12.8. The van der Waals surface area contributed by atoms with Gasteiger partial charge in [0.1, 0.15) is 0 Å². The number of hydrogen-bond donors (Lipinski definition) is 1. The van der Waals surface area contributed by atoms with Gasteiger partial charge in [0.05, 0.1) is 0 Å². The third kappa shape index (κ3) is 4.48. The van der Waals surface area contributed by atoms with Gasteiger partial charge in [-0.3, -0.25) is 0 Å². The second-order valence-electron chi connectivity index (χ2n) is 5.67. The molecule has 0 amide bonds. The molecule has 1 fully saturated rings. The average Bonchev–Trinajstić information content (AvgIpc) is 2.42. The van der Waals surface area contributed by atoms with E-state index in [1.807, 2.05) is 12.1 Å². The zero-order valence-electron chi connectivity index (χ0n) is 12.0. The molecular formula is C16H25ClN2. The van der Waals surface area contributed by atoms with E-state index >= 15 is 0 Å². The van der Waals surface area contributed by atoms with E-state index in [0.717, 1.165) is 23.9 Å². The van der Waals surface area contributed by atoms with Crippen molar-refractivity contribution in [1.29, 1.82) is 0 Å². The van der Waals surface area contributed by atoms with Crippen molar-refractivity contribution in [1.82, 2.24) is 10.2 Å². The van der Waals surface area contributed by atoms with E-state index in [2.05, 4.69) is 36.3 Å². The molecule has 1 aliphatic rings. The summed E-state index contributed by atoms with van der Waals surface area (Å²) in [5.41, 5.74) is 1.31. The quantitative estimate of drug-likeness (QED) is 0.884. The molecule has 2 rings (SSSR count). The van der Waals surface area contributed by atoms with Crippen molar-refractivity contribution in [2.75, 3.05) is 26.7 Å². The molecule has 1 aliphatic heterocycles. The number of halogens is 1. The van der Waals surface area contributed by atoms with Gasteiger partial charge >= 0.3 is 0 Å². The molecule has 0 radical (unpaired) electrons. The topological polar surface area (TPSA) is 15.3 Å². The van der Waals surface area contributed by atoms with Crippen LogP contribution in [0.4, 0.5) is 0 Å². The SMILES string of the molecule is CCC(NCC1CCN(C)CC1)c1cccc(Cl)c1. The molecule has 0 spiro atoms. The standard InChI is InChI=1S/C16H25ClN2/c1-3-16(14-5-4-6-15(17)11-14)18-12-13-7-9-19(2)10-8-13/h4-6,11,13,16,18H,3,7-10,12H2,1-2H3. The van der Waals surface area contributed by atoms with E-state index in [1.54, 1.807) is 0 Å². The molecule has 0 saturated carbocycles. The van der Waals surface area contributed by atoms with Crippen molar-refractivity contribution < 1.29 is 0 Å². The number of likely N-dealkylation sites (tertiary alicyclic amines) is 1. The summed E-state index contributed by atoms with van der Waals surface area (Å²) < 4.78 is 0. The van der Waals surface area contributed by atoms with Gasteiger partial charge in [-0.15, -0.1) is 0 Å². The van der Waals surface area contributed by atoms with E-state index < -0.39 is 0 Å². The molecule has 106 valence electrons. The molecular weight excluding hydrogens is 256 g/mol. The molecule has 0 aliphatic carbocycles. The molecule has 1 N–H and O–H groups in total. The Morgan fingerprint density at radius 2 is 2.11 bits per heavy atom. The maximum Gasteiger partial charge on any atom is 0.0409 e. The number of hydrogen-bond acceptors (Lipinski definition) is 2. The molecule has 3 heteroatoms. The van der Waals surface area contributed by atoms with Crippen molar-refractivity contribution in [2.45, 2.75) is 32.2 Å². The lowest BCUT2D eigenvalue weighted by atomic mass is 9.96. The molecule has 0 bridgehead atoms. The fourth-order valence-electron chi connectivity index (χ4n) is 2.80. The van der Waals surface area contributed by atoms with E-state index in [9.17, 15) is 0 Å². The fourth-order valence-corrected chi connectivity index (χ4v) is 3.00. The number of piperidine rings is 1. The van der Waals surface area contributed by atoms with Gasteiger partial charge < -0.3 is 10.2 Å². The molecule has 1 saturated heterocycles. The highest BCUT2D eigenvalue weighted by atomic mass is 35.5. The van der Waals surface area contributed by atoms with Crippen LogP contribution in [0.2, 0.25) is 5.02 Å². The van der Waals surface area contributed by atoms with Gasteiger partial charge in [-0.25, -0.2) is 0 Å². The Morgan fingerprint density at radius 3 is 2.74 bits per heavy atom. The van der Waals surface area contributed by atoms with Gasteiger partial charge in [0, 0.05) is 11.1 Å². The molecule has 1 atom stereocenters. The van der Waals surface area contributed by atoms with Crippen LogP contribution in [0.15, 0.2) is 24.3 Å². The number of rotatable bonds is 5. The average molecular weight is 281 g/mol. The van der Waals surface area contributed by atoms with Crippen molar-refractivity contribution in [3.05, 3.63) is 34.9 Å². The summed E-state index contributed by atoms with van der Waals surface area (Å²) in [6.45, 7) is 5.83. The number of benzene rings is 1. The summed E-state index contributed by atoms with van der Waals surface area (Å²) in [6.07, 6.45) is 3.73. The first-order valence-corrected chi connectivity index (χ1v) is 7.74. The van der Waals surface area contributed by atoms with Crippen LogP contribution in [0.3, 0.4) is 0 Å². The van der Waals surface area contributed by atoms with Gasteiger partial charge in [0.2, 0.25) is 0 Å². The largest absolute Gasteiger partial charge is 0.310 e. The summed E-state index contributed by atoms with van der Waals surface area (Å²) >= 11 is 6.08. The van der Waals surface area contributed by atoms with Crippen LogP contribution >= 0.6 is 11.6 Å². The highest BCUT2D eigenvalue weighted by Crippen LogP contribution is 2.22. The van der Waals surface area contributed by atoms with Crippen LogP contribution in [0.1, 0.15) is 37.8 Å². The first-order valence-electron chi connectivity index (χ1n) is 7.36. The molecule has 2 nitrogen and oxygen atoms in total. The summed E-state index contributed by atoms with van der Waals surface area (Å²) in [7, 11) is 2.21. The smallest absolute Gasteiger partial charge is 0.0409 e. The van der Waals surface area contributed by atoms with Crippen LogP contribution in [0.5, 0.6) is 0 Å². The Kier molecular flexibility index (Phi) is 5.68. The summed E-state index contributed by atoms with van der Waals surface area (Å²) in [5, 5.41) is 4.55. The molecule has 1 unspecified atom stereocenters. The number of nitrogens with zero attached hydrogens (tertiary/aromatic N) is 1. The third-order valence-electron chi connectivity index (χ3n) is 4.15. The Labute approximate surface area is 122 Å². The van der Waals surface area contributed by atoms with Crippen LogP contribution in [0, 0.1) is 5.92 Å². The van der Waals surface area contributed by atoms with Crippen molar-refractivity contribution in [2.24, 2.45) is 5.92 Å².